The third kappa shape index (κ3) is 3.95. The van der Waals surface area contributed by atoms with E-state index >= 15 is 0 Å². The molecule has 3 rings (SSSR count). The third-order valence-electron chi connectivity index (χ3n) is 4.59. The lowest BCUT2D eigenvalue weighted by molar-refractivity contribution is -0.139. The Morgan fingerprint density at radius 1 is 1.04 bits per heavy atom. The van der Waals surface area contributed by atoms with Crippen molar-refractivity contribution in [2.75, 3.05) is 26.2 Å². The molecule has 1 aliphatic rings. The van der Waals surface area contributed by atoms with Gasteiger partial charge in [0.15, 0.2) is 0 Å². The van der Waals surface area contributed by atoms with Gasteiger partial charge in [0.2, 0.25) is 0 Å². The monoisotopic (exact) mass is 384 g/mol. The Labute approximate surface area is 161 Å². The molecule has 0 saturated carbocycles. The van der Waals surface area contributed by atoms with Crippen LogP contribution in [0, 0.1) is 5.82 Å². The number of Topliss-reactive ketones (excluding diaryl/α,β-unsaturated/α-hetero) is 1. The molecule has 7 heteroatoms. The number of likely N-dealkylation sites (tertiary alicyclic amines) is 1. The number of carbonyl (C=O) groups is 2. The molecule has 3 N–H and O–H groups in total. The van der Waals surface area contributed by atoms with Gasteiger partial charge >= 0.3 is 0 Å². The van der Waals surface area contributed by atoms with Gasteiger partial charge in [-0.05, 0) is 17.7 Å². The number of nitrogens with one attached hydrogen (secondary N) is 1. The molecular weight excluding hydrogens is 363 g/mol. The lowest BCUT2D eigenvalue weighted by Crippen LogP contribution is -2.36. The number of benzene rings is 2. The van der Waals surface area contributed by atoms with Crippen molar-refractivity contribution in [3.63, 3.8) is 0 Å². The highest BCUT2D eigenvalue weighted by Crippen LogP contribution is 2.39. The van der Waals surface area contributed by atoms with Gasteiger partial charge in [0.05, 0.1) is 18.2 Å². The Hall–Kier alpha value is -3.03. The van der Waals surface area contributed by atoms with E-state index in [9.17, 15) is 19.1 Å². The first kappa shape index (κ1) is 19.7. The largest absolute Gasteiger partial charge is 0.507 e. The van der Waals surface area contributed by atoms with E-state index < -0.39 is 23.5 Å². The quantitative estimate of drug-likeness (QED) is 0.293. The second-order valence-corrected chi connectivity index (χ2v) is 6.38. The van der Waals surface area contributed by atoms with Gasteiger partial charge in [-0.1, -0.05) is 42.5 Å². The molecule has 0 spiro atoms. The third-order valence-corrected chi connectivity index (χ3v) is 4.59. The van der Waals surface area contributed by atoms with Crippen molar-refractivity contribution in [3.05, 3.63) is 77.1 Å². The van der Waals surface area contributed by atoms with E-state index in [-0.39, 0.29) is 24.5 Å². The Balaban J connectivity index is 2.04. The first-order valence-electron chi connectivity index (χ1n) is 8.95. The van der Waals surface area contributed by atoms with Crippen LogP contribution in [0.15, 0.2) is 60.2 Å². The van der Waals surface area contributed by atoms with Crippen molar-refractivity contribution in [2.45, 2.75) is 6.04 Å². The summed E-state index contributed by atoms with van der Waals surface area (Å²) in [5.41, 5.74) is 0.927. The Morgan fingerprint density at radius 2 is 1.71 bits per heavy atom. The van der Waals surface area contributed by atoms with Crippen molar-refractivity contribution in [3.8, 4) is 0 Å². The lowest BCUT2D eigenvalue weighted by atomic mass is 9.95. The maximum absolute atomic E-state index is 13.4. The van der Waals surface area contributed by atoms with Crippen LogP contribution in [0.25, 0.3) is 5.76 Å². The summed E-state index contributed by atoms with van der Waals surface area (Å²) in [4.78, 5) is 26.7. The van der Waals surface area contributed by atoms with Crippen LogP contribution < -0.4 is 5.32 Å². The number of rotatable bonds is 7. The number of aliphatic hydroxyl groups is 2. The average Bonchev–Trinajstić information content (AvgIpc) is 2.97. The van der Waals surface area contributed by atoms with Crippen LogP contribution in [0.2, 0.25) is 0 Å². The lowest BCUT2D eigenvalue weighted by Gasteiger charge is -2.25. The number of halogens is 1. The average molecular weight is 384 g/mol. The minimum absolute atomic E-state index is 0.0232. The predicted octanol–water partition coefficient (Wildman–Crippen LogP) is 1.83. The highest BCUT2D eigenvalue weighted by Gasteiger charge is 2.45. The van der Waals surface area contributed by atoms with Gasteiger partial charge in [-0.25, -0.2) is 4.39 Å². The summed E-state index contributed by atoms with van der Waals surface area (Å²) >= 11 is 0. The first-order chi connectivity index (χ1) is 13.5. The van der Waals surface area contributed by atoms with E-state index in [1.165, 1.54) is 29.2 Å². The molecule has 1 heterocycles. The predicted molar refractivity (Wildman–Crippen MR) is 102 cm³/mol. The van der Waals surface area contributed by atoms with Crippen LogP contribution >= 0.6 is 0 Å². The molecule has 146 valence electrons. The van der Waals surface area contributed by atoms with Crippen LogP contribution in [0.5, 0.6) is 0 Å². The second-order valence-electron chi connectivity index (χ2n) is 6.38. The zero-order valence-electron chi connectivity index (χ0n) is 15.1. The molecule has 0 aromatic heterocycles. The van der Waals surface area contributed by atoms with Gasteiger partial charge in [0.1, 0.15) is 11.6 Å². The molecule has 28 heavy (non-hydrogen) atoms. The van der Waals surface area contributed by atoms with E-state index in [0.29, 0.717) is 24.2 Å². The number of aliphatic hydroxyl groups excluding tert-OH is 2. The highest BCUT2D eigenvalue weighted by molar-refractivity contribution is 6.46. The van der Waals surface area contributed by atoms with Crippen LogP contribution in [-0.2, 0) is 9.59 Å². The molecule has 1 amide bonds. The Morgan fingerprint density at radius 3 is 2.36 bits per heavy atom. The topological polar surface area (TPSA) is 89.9 Å². The number of nitrogens with zero attached hydrogens (tertiary/aromatic N) is 1. The van der Waals surface area contributed by atoms with Gasteiger partial charge in [0.25, 0.3) is 11.7 Å². The van der Waals surface area contributed by atoms with Crippen LogP contribution in [0.1, 0.15) is 17.2 Å². The Bertz CT molecular complexity index is 881. The molecular formula is C21H21FN2O4. The standard InChI is InChI=1S/C21H21FN2O4/c22-16-8-6-14(7-9-16)18-17(19(26)15-4-2-1-3-5-15)20(27)21(28)24(18)12-10-23-11-13-25/h1-9,18,23,25-26H,10-13H2/t18-/m0/s1. The molecule has 1 aliphatic heterocycles. The van der Waals surface area contributed by atoms with E-state index in [1.54, 1.807) is 30.3 Å². The van der Waals surface area contributed by atoms with Gasteiger partial charge in [0, 0.05) is 25.2 Å². The SMILES string of the molecule is O=C1C(=O)N(CCNCCO)[C@@H](c2ccc(F)cc2)C1=C(O)c1ccccc1. The maximum Gasteiger partial charge on any atom is 0.295 e. The molecule has 0 bridgehead atoms. The minimum Gasteiger partial charge on any atom is -0.507 e. The van der Waals surface area contributed by atoms with Crippen molar-refractivity contribution >= 4 is 17.4 Å². The van der Waals surface area contributed by atoms with Gasteiger partial charge in [-0.2, -0.15) is 0 Å². The van der Waals surface area contributed by atoms with Crippen molar-refractivity contribution < 1.29 is 24.2 Å². The summed E-state index contributed by atoms with van der Waals surface area (Å²) in [6.45, 7) is 0.859. The van der Waals surface area contributed by atoms with Gasteiger partial charge in [-0.15, -0.1) is 0 Å². The van der Waals surface area contributed by atoms with Crippen LogP contribution in [0.4, 0.5) is 4.39 Å². The van der Waals surface area contributed by atoms with E-state index in [1.807, 2.05) is 0 Å². The van der Waals surface area contributed by atoms with Crippen LogP contribution in [-0.4, -0.2) is 53.0 Å². The van der Waals surface area contributed by atoms with E-state index in [2.05, 4.69) is 5.32 Å². The van der Waals surface area contributed by atoms with Crippen molar-refractivity contribution in [2.24, 2.45) is 0 Å². The summed E-state index contributed by atoms with van der Waals surface area (Å²) in [5, 5.41) is 22.6. The zero-order chi connectivity index (χ0) is 20.1. The van der Waals surface area contributed by atoms with Gasteiger partial charge in [-0.3, -0.25) is 9.59 Å². The second kappa shape index (κ2) is 8.77. The smallest absolute Gasteiger partial charge is 0.295 e. The molecule has 1 saturated heterocycles. The number of carbonyl (C=O) groups excluding carboxylic acids is 2. The molecule has 2 aromatic carbocycles. The molecule has 1 atom stereocenters. The fraction of sp³-hybridized carbons (Fsp3) is 0.238. The summed E-state index contributed by atoms with van der Waals surface area (Å²) < 4.78 is 13.4. The fourth-order valence-electron chi connectivity index (χ4n) is 3.26. The summed E-state index contributed by atoms with van der Waals surface area (Å²) in [5.74, 6) is -2.21. The first-order valence-corrected chi connectivity index (χ1v) is 8.95. The fourth-order valence-corrected chi connectivity index (χ4v) is 3.26. The number of hydrogen-bond donors (Lipinski definition) is 3. The van der Waals surface area contributed by atoms with E-state index in [4.69, 9.17) is 5.11 Å². The highest BCUT2D eigenvalue weighted by atomic mass is 19.1. The molecule has 0 unspecified atom stereocenters. The summed E-state index contributed by atoms with van der Waals surface area (Å²) in [6, 6.07) is 13.2. The molecule has 1 fully saturated rings. The molecule has 2 aromatic rings. The number of amides is 1. The number of hydrogen-bond acceptors (Lipinski definition) is 5. The van der Waals surface area contributed by atoms with Crippen LogP contribution in [0.3, 0.4) is 0 Å². The minimum atomic E-state index is -0.822. The maximum atomic E-state index is 13.4. The zero-order valence-corrected chi connectivity index (χ0v) is 15.1. The van der Waals surface area contributed by atoms with Gasteiger partial charge < -0.3 is 20.4 Å². The normalized spacial score (nSPS) is 18.6. The molecule has 6 nitrogen and oxygen atoms in total. The van der Waals surface area contributed by atoms with Crippen molar-refractivity contribution in [1.29, 1.82) is 0 Å². The molecule has 0 radical (unpaired) electrons. The molecule has 0 aliphatic carbocycles. The summed E-state index contributed by atoms with van der Waals surface area (Å²) in [6.07, 6.45) is 0. The van der Waals surface area contributed by atoms with Crippen molar-refractivity contribution in [1.82, 2.24) is 10.2 Å². The van der Waals surface area contributed by atoms with E-state index in [0.717, 1.165) is 0 Å². The summed E-state index contributed by atoms with van der Waals surface area (Å²) in [7, 11) is 0. The Kier molecular flexibility index (Phi) is 6.18. The number of ketones is 1.